The van der Waals surface area contributed by atoms with Crippen LogP contribution in [0.25, 0.3) is 17.2 Å². The third-order valence-electron chi connectivity index (χ3n) is 4.75. The van der Waals surface area contributed by atoms with Crippen molar-refractivity contribution in [1.82, 2.24) is 0 Å². The van der Waals surface area contributed by atoms with E-state index < -0.39 is 5.97 Å². The first kappa shape index (κ1) is 24.7. The van der Waals surface area contributed by atoms with Crippen LogP contribution >= 0.6 is 27.3 Å². The smallest absolute Gasteiger partial charge is 0.341 e. The topological polar surface area (TPSA) is 64.6 Å². The summed E-state index contributed by atoms with van der Waals surface area (Å²) in [4.78, 5) is 25.4. The summed E-state index contributed by atoms with van der Waals surface area (Å²) in [5, 5.41) is 5.14. The first-order valence-corrected chi connectivity index (χ1v) is 12.5. The molecule has 0 aliphatic rings. The van der Waals surface area contributed by atoms with Crippen LogP contribution in [-0.4, -0.2) is 25.1 Å². The predicted octanol–water partition coefficient (Wildman–Crippen LogP) is 7.19. The Hall–Kier alpha value is -2.90. The van der Waals surface area contributed by atoms with Crippen LogP contribution in [0.1, 0.15) is 42.6 Å². The second-order valence-corrected chi connectivity index (χ2v) is 8.94. The fourth-order valence-corrected chi connectivity index (χ4v) is 4.32. The predicted molar refractivity (Wildman–Crippen MR) is 138 cm³/mol. The third kappa shape index (κ3) is 6.79. The molecule has 1 N–H and O–H groups in total. The second kappa shape index (κ2) is 12.4. The van der Waals surface area contributed by atoms with E-state index in [1.165, 1.54) is 17.4 Å². The van der Waals surface area contributed by atoms with Crippen molar-refractivity contribution in [2.45, 2.75) is 26.7 Å². The molecule has 0 saturated carbocycles. The number of ether oxygens (including phenoxy) is 2. The number of esters is 1. The molecule has 5 nitrogen and oxygen atoms in total. The minimum absolute atomic E-state index is 0.247. The van der Waals surface area contributed by atoms with Crippen molar-refractivity contribution < 1.29 is 19.1 Å². The van der Waals surface area contributed by atoms with Crippen LogP contribution in [0.4, 0.5) is 5.00 Å². The lowest BCUT2D eigenvalue weighted by atomic mass is 10.0. The molecule has 3 rings (SSSR count). The van der Waals surface area contributed by atoms with E-state index in [-0.39, 0.29) is 12.5 Å². The van der Waals surface area contributed by atoms with E-state index in [9.17, 15) is 9.59 Å². The highest BCUT2D eigenvalue weighted by Crippen LogP contribution is 2.36. The van der Waals surface area contributed by atoms with Gasteiger partial charge in [-0.3, -0.25) is 4.79 Å². The van der Waals surface area contributed by atoms with Crippen LogP contribution in [0.3, 0.4) is 0 Å². The summed E-state index contributed by atoms with van der Waals surface area (Å²) < 4.78 is 12.0. The molecule has 0 radical (unpaired) electrons. The van der Waals surface area contributed by atoms with Crippen LogP contribution < -0.4 is 10.1 Å². The summed E-state index contributed by atoms with van der Waals surface area (Å²) in [7, 11) is 0. The van der Waals surface area contributed by atoms with Gasteiger partial charge in [-0.2, -0.15) is 0 Å². The Morgan fingerprint density at radius 3 is 2.58 bits per heavy atom. The van der Waals surface area contributed by atoms with Gasteiger partial charge in [-0.05, 0) is 43.2 Å². The maximum atomic E-state index is 12.7. The molecular weight excluding hydrogens is 502 g/mol. The quantitative estimate of drug-likeness (QED) is 0.172. The van der Waals surface area contributed by atoms with Crippen LogP contribution in [0.15, 0.2) is 64.5 Å². The average Bonchev–Trinajstić information content (AvgIpc) is 3.22. The number of para-hydroxylation sites is 1. The van der Waals surface area contributed by atoms with Crippen molar-refractivity contribution in [3.63, 3.8) is 0 Å². The van der Waals surface area contributed by atoms with Crippen LogP contribution in [0.5, 0.6) is 5.75 Å². The highest BCUT2D eigenvalue weighted by atomic mass is 79.9. The summed E-state index contributed by atoms with van der Waals surface area (Å²) in [5.74, 6) is -0.0744. The van der Waals surface area contributed by atoms with Gasteiger partial charge in [-0.1, -0.05) is 59.6 Å². The standard InChI is InChI=1S/C26H26BrNO4S/c1-3-5-16-32-22-9-7-6-8-19(22)12-15-23(29)28-25-24(26(30)31-4-2)21(17-33-25)18-10-13-20(27)14-11-18/h6-15,17H,3-5,16H2,1-2H3,(H,28,29)/b15-12+. The van der Waals surface area contributed by atoms with E-state index in [0.717, 1.165) is 39.8 Å². The molecule has 0 spiro atoms. The van der Waals surface area contributed by atoms with Gasteiger partial charge in [0.2, 0.25) is 5.91 Å². The first-order chi connectivity index (χ1) is 16.0. The number of anilines is 1. The average molecular weight is 528 g/mol. The number of hydrogen-bond acceptors (Lipinski definition) is 5. The Morgan fingerprint density at radius 1 is 1.09 bits per heavy atom. The van der Waals surface area contributed by atoms with Gasteiger partial charge >= 0.3 is 5.97 Å². The number of rotatable bonds is 10. The van der Waals surface area contributed by atoms with E-state index >= 15 is 0 Å². The summed E-state index contributed by atoms with van der Waals surface area (Å²) >= 11 is 4.72. The molecule has 172 valence electrons. The molecule has 1 heterocycles. The van der Waals surface area contributed by atoms with Gasteiger partial charge in [0, 0.05) is 27.1 Å². The molecule has 0 atom stereocenters. The van der Waals surface area contributed by atoms with Crippen molar-refractivity contribution in [3.05, 3.63) is 75.6 Å². The zero-order valence-corrected chi connectivity index (χ0v) is 21.0. The number of hydrogen-bond donors (Lipinski definition) is 1. The van der Waals surface area contributed by atoms with Crippen molar-refractivity contribution in [1.29, 1.82) is 0 Å². The number of amides is 1. The Bertz CT molecular complexity index is 1120. The summed E-state index contributed by atoms with van der Waals surface area (Å²) in [5.41, 5.74) is 2.76. The van der Waals surface area contributed by atoms with E-state index in [2.05, 4.69) is 28.2 Å². The zero-order valence-electron chi connectivity index (χ0n) is 18.6. The number of nitrogens with one attached hydrogen (secondary N) is 1. The van der Waals surface area contributed by atoms with Crippen LogP contribution in [-0.2, 0) is 9.53 Å². The van der Waals surface area contributed by atoms with Gasteiger partial charge < -0.3 is 14.8 Å². The molecule has 3 aromatic rings. The van der Waals surface area contributed by atoms with E-state index in [1.807, 2.05) is 53.9 Å². The molecule has 0 unspecified atom stereocenters. The Balaban J connectivity index is 1.81. The Labute approximate surface area is 206 Å². The van der Waals surface area contributed by atoms with Crippen LogP contribution in [0.2, 0.25) is 0 Å². The zero-order chi connectivity index (χ0) is 23.6. The molecule has 0 aliphatic carbocycles. The fraction of sp³-hybridized carbons (Fsp3) is 0.231. The van der Waals surface area contributed by atoms with E-state index in [4.69, 9.17) is 9.47 Å². The lowest BCUT2D eigenvalue weighted by Crippen LogP contribution is -2.12. The molecule has 0 fully saturated rings. The van der Waals surface area contributed by atoms with Gasteiger partial charge in [-0.25, -0.2) is 4.79 Å². The molecular formula is C26H26BrNO4S. The molecule has 0 aliphatic heterocycles. The monoisotopic (exact) mass is 527 g/mol. The van der Waals surface area contributed by atoms with Crippen LogP contribution in [0, 0.1) is 0 Å². The van der Waals surface area contributed by atoms with E-state index in [1.54, 1.807) is 13.0 Å². The molecule has 0 bridgehead atoms. The van der Waals surface area contributed by atoms with Crippen molar-refractivity contribution >= 4 is 50.2 Å². The molecule has 1 amide bonds. The molecule has 2 aromatic carbocycles. The lowest BCUT2D eigenvalue weighted by molar-refractivity contribution is -0.111. The molecule has 7 heteroatoms. The number of thiophene rings is 1. The number of carbonyl (C=O) groups is 2. The van der Waals surface area contributed by atoms with Gasteiger partial charge in [-0.15, -0.1) is 11.3 Å². The Kier molecular flexibility index (Phi) is 9.27. The maximum Gasteiger partial charge on any atom is 0.341 e. The normalized spacial score (nSPS) is 10.9. The maximum absolute atomic E-state index is 12.7. The van der Waals surface area contributed by atoms with Gasteiger partial charge in [0.05, 0.1) is 13.2 Å². The fourth-order valence-electron chi connectivity index (χ4n) is 3.09. The first-order valence-electron chi connectivity index (χ1n) is 10.8. The third-order valence-corrected chi connectivity index (χ3v) is 6.18. The second-order valence-electron chi connectivity index (χ2n) is 7.14. The van der Waals surface area contributed by atoms with Gasteiger partial charge in [0.15, 0.2) is 0 Å². The van der Waals surface area contributed by atoms with Gasteiger partial charge in [0.1, 0.15) is 16.3 Å². The number of halogens is 1. The number of benzene rings is 2. The minimum atomic E-state index is -0.467. The highest BCUT2D eigenvalue weighted by Gasteiger charge is 2.22. The SMILES string of the molecule is CCCCOc1ccccc1/C=C/C(=O)Nc1scc(-c2ccc(Br)cc2)c1C(=O)OCC. The van der Waals surface area contributed by atoms with Crippen molar-refractivity contribution in [2.24, 2.45) is 0 Å². The van der Waals surface area contributed by atoms with Crippen molar-refractivity contribution in [3.8, 4) is 16.9 Å². The Morgan fingerprint density at radius 2 is 1.85 bits per heavy atom. The van der Waals surface area contributed by atoms with Crippen molar-refractivity contribution in [2.75, 3.05) is 18.5 Å². The van der Waals surface area contributed by atoms with E-state index in [0.29, 0.717) is 17.2 Å². The highest BCUT2D eigenvalue weighted by molar-refractivity contribution is 9.10. The number of unbranched alkanes of at least 4 members (excludes halogenated alkanes) is 1. The number of carbonyl (C=O) groups excluding carboxylic acids is 2. The lowest BCUT2D eigenvalue weighted by Gasteiger charge is -2.09. The largest absolute Gasteiger partial charge is 0.493 e. The minimum Gasteiger partial charge on any atom is -0.493 e. The summed E-state index contributed by atoms with van der Waals surface area (Å²) in [6.07, 6.45) is 5.17. The molecule has 0 saturated heterocycles. The molecule has 1 aromatic heterocycles. The molecule has 33 heavy (non-hydrogen) atoms. The van der Waals surface area contributed by atoms with Gasteiger partial charge in [0.25, 0.3) is 0 Å². The summed E-state index contributed by atoms with van der Waals surface area (Å²) in [6, 6.07) is 15.2. The summed E-state index contributed by atoms with van der Waals surface area (Å²) in [6.45, 7) is 4.74.